The molecule has 1 heterocycles. The Kier molecular flexibility index (Phi) is 3.79. The second-order valence-electron chi connectivity index (χ2n) is 2.84. The molecule has 0 aromatic rings. The predicted molar refractivity (Wildman–Crippen MR) is 37.0 cm³/mol. The van der Waals surface area contributed by atoms with Gasteiger partial charge in [-0.25, -0.2) is 0 Å². The summed E-state index contributed by atoms with van der Waals surface area (Å²) in [4.78, 5) is 13.1. The Bertz CT molecular complexity index is 151. The average molecular weight is 343 g/mol. The molecule has 0 bridgehead atoms. The molecule has 1 amide bonds. The van der Waals surface area contributed by atoms with E-state index in [1.807, 2.05) is 4.90 Å². The zero-order valence-corrected chi connectivity index (χ0v) is 12.4. The summed E-state index contributed by atoms with van der Waals surface area (Å²) in [5, 5.41) is 0. The monoisotopic (exact) mass is 344 g/mol. The van der Waals surface area contributed by atoms with Crippen LogP contribution in [-0.4, -0.2) is 34.6 Å². The van der Waals surface area contributed by atoms with E-state index in [9.17, 15) is 4.79 Å². The number of likely N-dealkylation sites (tertiary alicyclic amines) is 1. The van der Waals surface area contributed by atoms with Gasteiger partial charge in [-0.1, -0.05) is 0 Å². The molecule has 1 saturated heterocycles. The van der Waals surface area contributed by atoms with Crippen LogP contribution >= 0.6 is 0 Å². The molecule has 0 radical (unpaired) electrons. The van der Waals surface area contributed by atoms with E-state index in [2.05, 4.69) is 0 Å². The van der Waals surface area contributed by atoms with Gasteiger partial charge in [-0.05, 0) is 0 Å². The van der Waals surface area contributed by atoms with Crippen LogP contribution < -0.4 is 0 Å². The molecule has 0 aromatic carbocycles. The minimum absolute atomic E-state index is 0.246. The van der Waals surface area contributed by atoms with Gasteiger partial charge in [0.1, 0.15) is 0 Å². The van der Waals surface area contributed by atoms with Crippen molar-refractivity contribution in [2.75, 3.05) is 20.3 Å². The van der Waals surface area contributed by atoms with Crippen LogP contribution in [0.3, 0.4) is 0 Å². The van der Waals surface area contributed by atoms with Crippen molar-refractivity contribution >= 4 is 3.42 Å². The summed E-state index contributed by atoms with van der Waals surface area (Å²) in [7, 11) is 1.69. The number of amides is 1. The fourth-order valence-corrected chi connectivity index (χ4v) is 3.15. The first-order chi connectivity index (χ1) is 5.25. The van der Waals surface area contributed by atoms with Crippen molar-refractivity contribution < 1.29 is 35.7 Å². The van der Waals surface area contributed by atoms with Crippen molar-refractivity contribution in [3.63, 3.8) is 0 Å². The van der Waals surface area contributed by atoms with E-state index in [1.54, 1.807) is 7.11 Å². The molecule has 11 heavy (non-hydrogen) atoms. The first kappa shape index (κ1) is 9.45. The van der Waals surface area contributed by atoms with Crippen LogP contribution in [0.25, 0.3) is 0 Å². The van der Waals surface area contributed by atoms with Crippen molar-refractivity contribution in [2.24, 2.45) is 0 Å². The zero-order chi connectivity index (χ0) is 8.27. The second kappa shape index (κ2) is 4.41. The van der Waals surface area contributed by atoms with Crippen LogP contribution in [0.4, 0.5) is 4.79 Å². The molecular formula is C7H12HgNO2. The number of hydrogen-bond donors (Lipinski definition) is 0. The zero-order valence-electron chi connectivity index (χ0n) is 6.88. The molecule has 0 N–H and O–H groups in total. The fraction of sp³-hybridized carbons (Fsp3) is 0.857. The van der Waals surface area contributed by atoms with E-state index in [0.717, 1.165) is 19.4 Å². The summed E-state index contributed by atoms with van der Waals surface area (Å²) in [5.74, 6) is 0. The van der Waals surface area contributed by atoms with Gasteiger partial charge >= 0.3 is 83.1 Å². The average Bonchev–Trinajstić information content (AvgIpc) is 2.36. The van der Waals surface area contributed by atoms with Crippen LogP contribution in [0.15, 0.2) is 0 Å². The number of nitrogens with zero attached hydrogens (tertiary/aromatic N) is 1. The van der Waals surface area contributed by atoms with Crippen molar-refractivity contribution in [2.45, 2.75) is 18.9 Å². The van der Waals surface area contributed by atoms with E-state index in [4.69, 9.17) is 4.74 Å². The van der Waals surface area contributed by atoms with Crippen LogP contribution in [0.5, 0.6) is 0 Å². The molecule has 1 atom stereocenters. The van der Waals surface area contributed by atoms with E-state index in [0.29, 0.717) is 16.1 Å². The van der Waals surface area contributed by atoms with Gasteiger partial charge in [0.25, 0.3) is 0 Å². The van der Waals surface area contributed by atoms with Gasteiger partial charge in [0.2, 0.25) is 0 Å². The molecule has 0 spiro atoms. The summed E-state index contributed by atoms with van der Waals surface area (Å²) in [5.41, 5.74) is 0. The Hall–Kier alpha value is 0.365. The number of rotatable bonds is 2. The van der Waals surface area contributed by atoms with Crippen molar-refractivity contribution in [1.82, 2.24) is 4.90 Å². The predicted octanol–water partition coefficient (Wildman–Crippen LogP) is 0.764. The van der Waals surface area contributed by atoms with E-state index in [-0.39, 0.29) is 26.1 Å². The van der Waals surface area contributed by atoms with Gasteiger partial charge in [-0.2, -0.15) is 0 Å². The maximum absolute atomic E-state index is 11.1. The third-order valence-corrected chi connectivity index (χ3v) is 3.64. The molecule has 59 valence electrons. The van der Waals surface area contributed by atoms with Gasteiger partial charge in [0.05, 0.1) is 0 Å². The van der Waals surface area contributed by atoms with Crippen LogP contribution in [0, 0.1) is 0 Å². The SMILES string of the molecule is COCC1CCCN1[C](=O)[Hg]. The van der Waals surface area contributed by atoms with Crippen molar-refractivity contribution in [3.05, 3.63) is 0 Å². The van der Waals surface area contributed by atoms with Crippen LogP contribution in [-0.2, 0) is 30.9 Å². The van der Waals surface area contributed by atoms with Crippen LogP contribution in [0.2, 0.25) is 0 Å². The van der Waals surface area contributed by atoms with E-state index >= 15 is 0 Å². The third-order valence-electron chi connectivity index (χ3n) is 2.06. The number of methoxy groups -OCH3 is 1. The first-order valence-corrected chi connectivity index (χ1v) is 6.62. The number of ether oxygens (including phenoxy) is 1. The van der Waals surface area contributed by atoms with E-state index in [1.165, 1.54) is 0 Å². The normalized spacial score (nSPS) is 24.3. The molecular weight excluding hydrogens is 331 g/mol. The van der Waals surface area contributed by atoms with E-state index < -0.39 is 0 Å². The molecule has 1 fully saturated rings. The fourth-order valence-electron chi connectivity index (χ4n) is 1.53. The second-order valence-corrected chi connectivity index (χ2v) is 5.19. The Labute approximate surface area is 83.0 Å². The molecule has 1 rings (SSSR count). The number of carbonyl (C=O) groups excluding carboxylic acids is 1. The van der Waals surface area contributed by atoms with Gasteiger partial charge in [0, 0.05) is 0 Å². The standard InChI is InChI=1S/C7H12NO2.Hg/c1-10-5-7-3-2-4-8(7)6-9;/h7H,2-5H2,1H3;. The summed E-state index contributed by atoms with van der Waals surface area (Å²) in [6.07, 6.45) is 2.27. The Morgan fingerprint density at radius 2 is 2.55 bits per heavy atom. The molecule has 1 unspecified atom stereocenters. The summed E-state index contributed by atoms with van der Waals surface area (Å²) >= 11 is 0.246. The quantitative estimate of drug-likeness (QED) is 0.694. The molecule has 1 aliphatic heterocycles. The molecule has 1 aliphatic rings. The number of carbonyl (C=O) groups is 1. The molecule has 3 nitrogen and oxygen atoms in total. The molecule has 0 aromatic heterocycles. The first-order valence-electron chi connectivity index (χ1n) is 3.87. The summed E-state index contributed by atoms with van der Waals surface area (Å²) < 4.78 is 5.40. The van der Waals surface area contributed by atoms with Crippen molar-refractivity contribution in [3.8, 4) is 0 Å². The van der Waals surface area contributed by atoms with Gasteiger partial charge < -0.3 is 0 Å². The summed E-state index contributed by atoms with van der Waals surface area (Å²) in [6, 6.07) is 0.380. The summed E-state index contributed by atoms with van der Waals surface area (Å²) in [6.45, 7) is 1.67. The molecule has 0 aliphatic carbocycles. The molecule has 0 saturated carbocycles. The minimum atomic E-state index is 0.246. The molecule has 4 heteroatoms. The van der Waals surface area contributed by atoms with Crippen molar-refractivity contribution in [1.29, 1.82) is 0 Å². The Balaban J connectivity index is 2.44. The van der Waals surface area contributed by atoms with Crippen LogP contribution in [0.1, 0.15) is 12.8 Å². The maximum atomic E-state index is 11.1. The third kappa shape index (κ3) is 2.41. The Morgan fingerprint density at radius 3 is 3.09 bits per heavy atom. The Morgan fingerprint density at radius 1 is 1.82 bits per heavy atom. The van der Waals surface area contributed by atoms with Gasteiger partial charge in [0.15, 0.2) is 0 Å². The number of hydrogen-bond acceptors (Lipinski definition) is 2. The van der Waals surface area contributed by atoms with Gasteiger partial charge in [-0.3, -0.25) is 0 Å². The topological polar surface area (TPSA) is 29.5 Å². The van der Waals surface area contributed by atoms with Gasteiger partial charge in [-0.15, -0.1) is 0 Å².